The molecule has 0 saturated carbocycles. The highest BCUT2D eigenvalue weighted by atomic mass is 16.3. The number of anilines is 1. The molecule has 1 aromatic heterocycles. The van der Waals surface area contributed by atoms with Crippen molar-refractivity contribution < 1.29 is 5.11 Å². The van der Waals surface area contributed by atoms with Crippen LogP contribution in [0.5, 0.6) is 0 Å². The van der Waals surface area contributed by atoms with Crippen molar-refractivity contribution in [1.82, 2.24) is 4.98 Å². The van der Waals surface area contributed by atoms with E-state index in [9.17, 15) is 5.11 Å². The number of aromatic nitrogens is 1. The number of rotatable bonds is 3. The number of nitrogens with two attached hydrogens (primary N) is 1. The second kappa shape index (κ2) is 4.77. The molecule has 3 heteroatoms. The normalized spacial score (nSPS) is 12.3. The average Bonchev–Trinajstić information content (AvgIpc) is 2.31. The maximum Gasteiger partial charge on any atom is 0.0845 e. The van der Waals surface area contributed by atoms with Gasteiger partial charge in [0.1, 0.15) is 0 Å². The molecule has 0 bridgehead atoms. The van der Waals surface area contributed by atoms with Crippen LogP contribution in [0.15, 0.2) is 48.7 Å². The molecule has 1 aromatic carbocycles. The van der Waals surface area contributed by atoms with E-state index < -0.39 is 6.10 Å². The van der Waals surface area contributed by atoms with Crippen LogP contribution in [0.2, 0.25) is 0 Å². The first-order chi connectivity index (χ1) is 7.75. The van der Waals surface area contributed by atoms with Gasteiger partial charge >= 0.3 is 0 Å². The van der Waals surface area contributed by atoms with Crippen LogP contribution in [0.3, 0.4) is 0 Å². The molecular weight excluding hydrogens is 200 g/mol. The van der Waals surface area contributed by atoms with E-state index >= 15 is 0 Å². The van der Waals surface area contributed by atoms with E-state index in [2.05, 4.69) is 4.98 Å². The molecule has 3 N–H and O–H groups in total. The summed E-state index contributed by atoms with van der Waals surface area (Å²) in [5.74, 6) is 0. The van der Waals surface area contributed by atoms with Crippen molar-refractivity contribution in [3.8, 4) is 0 Å². The fourth-order valence-electron chi connectivity index (χ4n) is 1.55. The van der Waals surface area contributed by atoms with E-state index in [0.717, 1.165) is 11.3 Å². The second-order valence-corrected chi connectivity index (χ2v) is 3.71. The molecule has 2 rings (SSSR count). The molecule has 3 nitrogen and oxygen atoms in total. The molecule has 1 atom stereocenters. The van der Waals surface area contributed by atoms with Crippen molar-refractivity contribution >= 4 is 5.69 Å². The monoisotopic (exact) mass is 214 g/mol. The van der Waals surface area contributed by atoms with Crippen molar-refractivity contribution in [2.45, 2.75) is 12.5 Å². The third-order valence-corrected chi connectivity index (χ3v) is 2.45. The fourth-order valence-corrected chi connectivity index (χ4v) is 1.55. The van der Waals surface area contributed by atoms with Crippen molar-refractivity contribution in [3.05, 3.63) is 59.9 Å². The minimum Gasteiger partial charge on any atom is -0.399 e. The number of benzene rings is 1. The molecule has 16 heavy (non-hydrogen) atoms. The molecule has 0 spiro atoms. The summed E-state index contributed by atoms with van der Waals surface area (Å²) >= 11 is 0. The molecule has 2 aromatic rings. The second-order valence-electron chi connectivity index (χ2n) is 3.71. The van der Waals surface area contributed by atoms with Gasteiger partial charge in [-0.05, 0) is 29.8 Å². The first-order valence-electron chi connectivity index (χ1n) is 5.19. The smallest absolute Gasteiger partial charge is 0.0845 e. The zero-order chi connectivity index (χ0) is 11.4. The van der Waals surface area contributed by atoms with E-state index in [0.29, 0.717) is 12.1 Å². The zero-order valence-electron chi connectivity index (χ0n) is 8.88. The topological polar surface area (TPSA) is 59.1 Å². The van der Waals surface area contributed by atoms with Gasteiger partial charge in [-0.25, -0.2) is 0 Å². The molecule has 0 aliphatic rings. The lowest BCUT2D eigenvalue weighted by atomic mass is 10.0. The van der Waals surface area contributed by atoms with Crippen LogP contribution in [0.1, 0.15) is 17.4 Å². The molecule has 1 unspecified atom stereocenters. The van der Waals surface area contributed by atoms with Gasteiger partial charge < -0.3 is 10.8 Å². The Hall–Kier alpha value is -1.87. The predicted octanol–water partition coefficient (Wildman–Crippen LogP) is 1.94. The van der Waals surface area contributed by atoms with Crippen molar-refractivity contribution in [2.75, 3.05) is 5.73 Å². The summed E-state index contributed by atoms with van der Waals surface area (Å²) in [4.78, 5) is 4.18. The number of nitrogen functional groups attached to an aromatic ring is 1. The Bertz CT molecular complexity index is 439. The highest BCUT2D eigenvalue weighted by Crippen LogP contribution is 2.18. The molecule has 82 valence electrons. The van der Waals surface area contributed by atoms with Crippen LogP contribution in [0.4, 0.5) is 5.69 Å². The van der Waals surface area contributed by atoms with Crippen LogP contribution in [0.25, 0.3) is 0 Å². The zero-order valence-corrected chi connectivity index (χ0v) is 8.88. The summed E-state index contributed by atoms with van der Waals surface area (Å²) in [6.45, 7) is 0. The van der Waals surface area contributed by atoms with Crippen LogP contribution >= 0.6 is 0 Å². The number of hydrogen-bond donors (Lipinski definition) is 2. The third kappa shape index (κ3) is 2.58. The Kier molecular flexibility index (Phi) is 3.17. The fraction of sp³-hybridized carbons (Fsp3) is 0.154. The Morgan fingerprint density at radius 2 is 1.88 bits per heavy atom. The average molecular weight is 214 g/mol. The van der Waals surface area contributed by atoms with Crippen molar-refractivity contribution in [1.29, 1.82) is 0 Å². The van der Waals surface area contributed by atoms with Crippen LogP contribution in [-0.2, 0) is 6.42 Å². The lowest BCUT2D eigenvalue weighted by Crippen LogP contribution is -2.03. The summed E-state index contributed by atoms with van der Waals surface area (Å²) in [6, 6.07) is 12.9. The Balaban J connectivity index is 2.09. The number of nitrogens with zero attached hydrogens (tertiary/aromatic N) is 1. The van der Waals surface area contributed by atoms with E-state index in [1.165, 1.54) is 0 Å². The van der Waals surface area contributed by atoms with Gasteiger partial charge in [0, 0.05) is 24.0 Å². The Morgan fingerprint density at radius 1 is 1.12 bits per heavy atom. The predicted molar refractivity (Wildman–Crippen MR) is 63.8 cm³/mol. The summed E-state index contributed by atoms with van der Waals surface area (Å²) in [7, 11) is 0. The lowest BCUT2D eigenvalue weighted by molar-refractivity contribution is 0.177. The van der Waals surface area contributed by atoms with Crippen molar-refractivity contribution in [2.24, 2.45) is 0 Å². The van der Waals surface area contributed by atoms with Gasteiger partial charge in [-0.3, -0.25) is 4.98 Å². The number of hydrogen-bond acceptors (Lipinski definition) is 3. The van der Waals surface area contributed by atoms with Gasteiger partial charge in [0.2, 0.25) is 0 Å². The SMILES string of the molecule is Nc1ccc(C(O)Cc2ccccn2)cc1. The summed E-state index contributed by atoms with van der Waals surface area (Å²) in [6.07, 6.45) is 1.71. The molecule has 1 heterocycles. The van der Waals surface area contributed by atoms with Gasteiger partial charge in [0.25, 0.3) is 0 Å². The van der Waals surface area contributed by atoms with Gasteiger partial charge in [-0.15, -0.1) is 0 Å². The molecule has 0 aliphatic carbocycles. The minimum absolute atomic E-state index is 0.519. The Morgan fingerprint density at radius 3 is 2.50 bits per heavy atom. The number of pyridine rings is 1. The maximum absolute atomic E-state index is 9.98. The maximum atomic E-state index is 9.98. The quantitative estimate of drug-likeness (QED) is 0.768. The van der Waals surface area contributed by atoms with Crippen LogP contribution < -0.4 is 5.73 Å². The van der Waals surface area contributed by atoms with Gasteiger partial charge in [-0.2, -0.15) is 0 Å². The first-order valence-corrected chi connectivity index (χ1v) is 5.19. The standard InChI is InChI=1S/C13H14N2O/c14-11-6-4-10(5-7-11)13(16)9-12-3-1-2-8-15-12/h1-8,13,16H,9,14H2. The van der Waals surface area contributed by atoms with Crippen LogP contribution in [0, 0.1) is 0 Å². The molecule has 0 fully saturated rings. The number of aliphatic hydroxyl groups excluding tert-OH is 1. The van der Waals surface area contributed by atoms with Gasteiger partial charge in [-0.1, -0.05) is 18.2 Å². The highest BCUT2D eigenvalue weighted by molar-refractivity contribution is 5.40. The van der Waals surface area contributed by atoms with E-state index in [-0.39, 0.29) is 0 Å². The van der Waals surface area contributed by atoms with E-state index in [1.807, 2.05) is 30.3 Å². The molecule has 0 aliphatic heterocycles. The summed E-state index contributed by atoms with van der Waals surface area (Å²) in [5.41, 5.74) is 8.03. The molecule has 0 saturated heterocycles. The first kappa shape index (κ1) is 10.6. The molecule has 0 amide bonds. The van der Waals surface area contributed by atoms with Crippen molar-refractivity contribution in [3.63, 3.8) is 0 Å². The van der Waals surface area contributed by atoms with Gasteiger partial charge in [0.15, 0.2) is 0 Å². The minimum atomic E-state index is -0.532. The highest BCUT2D eigenvalue weighted by Gasteiger charge is 2.08. The van der Waals surface area contributed by atoms with E-state index in [1.54, 1.807) is 18.3 Å². The number of aliphatic hydroxyl groups is 1. The van der Waals surface area contributed by atoms with Gasteiger partial charge in [0.05, 0.1) is 6.10 Å². The summed E-state index contributed by atoms with van der Waals surface area (Å²) in [5, 5.41) is 9.98. The van der Waals surface area contributed by atoms with E-state index in [4.69, 9.17) is 5.73 Å². The lowest BCUT2D eigenvalue weighted by Gasteiger charge is -2.10. The third-order valence-electron chi connectivity index (χ3n) is 2.45. The van der Waals surface area contributed by atoms with Crippen LogP contribution in [-0.4, -0.2) is 10.1 Å². The molecule has 0 radical (unpaired) electrons. The Labute approximate surface area is 94.6 Å². The molecular formula is C13H14N2O. The largest absolute Gasteiger partial charge is 0.399 e. The summed E-state index contributed by atoms with van der Waals surface area (Å²) < 4.78 is 0.